The highest BCUT2D eigenvalue weighted by Gasteiger charge is 2.59. The lowest BCUT2D eigenvalue weighted by Gasteiger charge is -2.18. The number of hydrogen-bond acceptors (Lipinski definition) is 4. The smallest absolute Gasteiger partial charge is 0.327 e. The summed E-state index contributed by atoms with van der Waals surface area (Å²) in [6.07, 6.45) is -0.312. The third-order valence-corrected chi connectivity index (χ3v) is 6.97. The van der Waals surface area contributed by atoms with Crippen molar-refractivity contribution in [2.45, 2.75) is 19.0 Å². The molecule has 10 heteroatoms. The van der Waals surface area contributed by atoms with Crippen LogP contribution in [0, 0.1) is 5.92 Å². The van der Waals surface area contributed by atoms with Crippen LogP contribution in [0.15, 0.2) is 30.3 Å². The number of aromatic nitrogens is 1. The molecule has 1 aliphatic heterocycles. The standard InChI is InChI=1S/C17H16ClF2N3O3S/c1-22-16-15(23(27(22,25)26)8-11-7-17(11,19)20)5-4-14(21-16)12-6-10(9-24)2-3-13(12)18/h2-6,11,24H,7-9H2,1H3. The second-order valence-corrected chi connectivity index (χ2v) is 8.97. The normalized spacial score (nSPS) is 22.0. The van der Waals surface area contributed by atoms with E-state index < -0.39 is 22.0 Å². The van der Waals surface area contributed by atoms with Crippen molar-refractivity contribution < 1.29 is 22.3 Å². The minimum atomic E-state index is -3.95. The summed E-state index contributed by atoms with van der Waals surface area (Å²) in [5.74, 6) is -3.65. The maximum Gasteiger partial charge on any atom is 0.327 e. The number of nitrogens with zero attached hydrogens (tertiary/aromatic N) is 3. The van der Waals surface area contributed by atoms with Gasteiger partial charge in [0.25, 0.3) is 5.92 Å². The molecule has 1 aliphatic carbocycles. The van der Waals surface area contributed by atoms with Gasteiger partial charge in [-0.3, -0.25) is 0 Å². The van der Waals surface area contributed by atoms with E-state index >= 15 is 0 Å². The molecule has 1 atom stereocenters. The lowest BCUT2D eigenvalue weighted by molar-refractivity contribution is 0.101. The molecule has 27 heavy (non-hydrogen) atoms. The number of benzene rings is 1. The van der Waals surface area contributed by atoms with E-state index in [0.29, 0.717) is 21.8 Å². The van der Waals surface area contributed by atoms with Crippen LogP contribution < -0.4 is 8.61 Å². The molecule has 1 N–H and O–H groups in total. The van der Waals surface area contributed by atoms with Crippen LogP contribution >= 0.6 is 11.6 Å². The number of pyridine rings is 1. The Morgan fingerprint density at radius 3 is 2.67 bits per heavy atom. The van der Waals surface area contributed by atoms with Gasteiger partial charge in [-0.15, -0.1) is 0 Å². The van der Waals surface area contributed by atoms with Crippen molar-refractivity contribution >= 4 is 33.3 Å². The molecule has 2 aromatic rings. The average Bonchev–Trinajstić information content (AvgIpc) is 3.19. The minimum absolute atomic E-state index is 0.155. The van der Waals surface area contributed by atoms with Gasteiger partial charge < -0.3 is 5.11 Å². The fourth-order valence-corrected chi connectivity index (χ4v) is 4.75. The molecule has 0 radical (unpaired) electrons. The first-order valence-corrected chi connectivity index (χ1v) is 9.98. The molecule has 1 unspecified atom stereocenters. The van der Waals surface area contributed by atoms with Gasteiger partial charge in [0.2, 0.25) is 0 Å². The van der Waals surface area contributed by atoms with Gasteiger partial charge in [-0.05, 0) is 29.8 Å². The fourth-order valence-electron chi connectivity index (χ4n) is 3.13. The number of halogens is 3. The van der Waals surface area contributed by atoms with Crippen LogP contribution in [0.25, 0.3) is 11.3 Å². The molecule has 144 valence electrons. The van der Waals surface area contributed by atoms with E-state index in [2.05, 4.69) is 4.98 Å². The van der Waals surface area contributed by atoms with Crippen LogP contribution in [-0.4, -0.2) is 38.0 Å². The predicted octanol–water partition coefficient (Wildman–Crippen LogP) is 3.05. The Labute approximate surface area is 160 Å². The number of anilines is 2. The van der Waals surface area contributed by atoms with Crippen molar-refractivity contribution in [3.8, 4) is 11.3 Å². The molecule has 2 aliphatic rings. The van der Waals surface area contributed by atoms with Crippen LogP contribution in [0.5, 0.6) is 0 Å². The van der Waals surface area contributed by atoms with Crippen molar-refractivity contribution in [3.63, 3.8) is 0 Å². The average molecular weight is 416 g/mol. The highest BCUT2D eigenvalue weighted by molar-refractivity contribution is 7.94. The molecule has 0 spiro atoms. The van der Waals surface area contributed by atoms with E-state index in [4.69, 9.17) is 11.6 Å². The molecular formula is C17H16ClF2N3O3S. The minimum Gasteiger partial charge on any atom is -0.392 e. The first-order valence-electron chi connectivity index (χ1n) is 8.20. The molecule has 6 nitrogen and oxygen atoms in total. The maximum absolute atomic E-state index is 13.3. The van der Waals surface area contributed by atoms with Crippen molar-refractivity contribution in [1.29, 1.82) is 0 Å². The third kappa shape index (κ3) is 2.94. The van der Waals surface area contributed by atoms with Crippen molar-refractivity contribution in [3.05, 3.63) is 40.9 Å². The van der Waals surface area contributed by atoms with E-state index in [1.807, 2.05) is 0 Å². The first-order chi connectivity index (χ1) is 12.6. The lowest BCUT2D eigenvalue weighted by atomic mass is 10.1. The number of aliphatic hydroxyl groups is 1. The van der Waals surface area contributed by atoms with Gasteiger partial charge in [-0.2, -0.15) is 8.42 Å². The Hall–Kier alpha value is -1.97. The number of fused-ring (bicyclic) bond motifs is 1. The molecule has 4 rings (SSSR count). The van der Waals surface area contributed by atoms with Crippen molar-refractivity contribution in [2.75, 3.05) is 22.2 Å². The first kappa shape index (κ1) is 18.4. The Balaban J connectivity index is 1.76. The zero-order valence-corrected chi connectivity index (χ0v) is 15.8. The summed E-state index contributed by atoms with van der Waals surface area (Å²) in [5.41, 5.74) is 1.87. The summed E-state index contributed by atoms with van der Waals surface area (Å²) in [6.45, 7) is -0.457. The zero-order chi connectivity index (χ0) is 19.6. The SMILES string of the molecule is CN1c2nc(-c3cc(CO)ccc3Cl)ccc2N(CC2CC2(F)F)S1(=O)=O. The van der Waals surface area contributed by atoms with Crippen LogP contribution in [0.1, 0.15) is 12.0 Å². The number of aliphatic hydroxyl groups excluding tert-OH is 1. The summed E-state index contributed by atoms with van der Waals surface area (Å²) in [5, 5.41) is 9.71. The molecule has 0 bridgehead atoms. The van der Waals surface area contributed by atoms with Crippen LogP contribution in [0.3, 0.4) is 0 Å². The van der Waals surface area contributed by atoms with Crippen LogP contribution in [0.4, 0.5) is 20.3 Å². The van der Waals surface area contributed by atoms with Gasteiger partial charge in [0, 0.05) is 36.5 Å². The quantitative estimate of drug-likeness (QED) is 0.833. The Morgan fingerprint density at radius 2 is 2.04 bits per heavy atom. The highest BCUT2D eigenvalue weighted by Crippen LogP contribution is 2.51. The molecule has 2 heterocycles. The van der Waals surface area contributed by atoms with Crippen molar-refractivity contribution in [1.82, 2.24) is 4.98 Å². The van der Waals surface area contributed by atoms with E-state index in [9.17, 15) is 22.3 Å². The largest absolute Gasteiger partial charge is 0.392 e. The number of hydrogen-bond donors (Lipinski definition) is 1. The number of rotatable bonds is 4. The zero-order valence-electron chi connectivity index (χ0n) is 14.2. The summed E-state index contributed by atoms with van der Waals surface area (Å²) in [6, 6.07) is 8.10. The highest BCUT2D eigenvalue weighted by atomic mass is 35.5. The van der Waals surface area contributed by atoms with E-state index in [1.165, 1.54) is 7.05 Å². The topological polar surface area (TPSA) is 73.7 Å². The Kier molecular flexibility index (Phi) is 4.10. The molecule has 0 amide bonds. The van der Waals surface area contributed by atoms with E-state index in [-0.39, 0.29) is 31.1 Å². The molecule has 1 saturated carbocycles. The second-order valence-electron chi connectivity index (χ2n) is 6.68. The summed E-state index contributed by atoms with van der Waals surface area (Å²) >= 11 is 6.22. The molecule has 0 saturated heterocycles. The van der Waals surface area contributed by atoms with Gasteiger partial charge in [0.05, 0.1) is 18.0 Å². The van der Waals surface area contributed by atoms with Crippen LogP contribution in [0.2, 0.25) is 5.02 Å². The molecule has 1 fully saturated rings. The van der Waals surface area contributed by atoms with Gasteiger partial charge >= 0.3 is 10.2 Å². The van der Waals surface area contributed by atoms with Crippen molar-refractivity contribution in [2.24, 2.45) is 5.92 Å². The molecule has 1 aromatic heterocycles. The van der Waals surface area contributed by atoms with Gasteiger partial charge in [-0.25, -0.2) is 22.4 Å². The Bertz CT molecular complexity index is 1030. The van der Waals surface area contributed by atoms with Gasteiger partial charge in [0.1, 0.15) is 0 Å². The van der Waals surface area contributed by atoms with Gasteiger partial charge in [0.15, 0.2) is 5.82 Å². The summed E-state index contributed by atoms with van der Waals surface area (Å²) in [4.78, 5) is 4.40. The van der Waals surface area contributed by atoms with Gasteiger partial charge in [-0.1, -0.05) is 17.7 Å². The molecular weight excluding hydrogens is 400 g/mol. The molecule has 1 aromatic carbocycles. The summed E-state index contributed by atoms with van der Waals surface area (Å²) < 4.78 is 53.8. The van der Waals surface area contributed by atoms with E-state index in [1.54, 1.807) is 30.3 Å². The summed E-state index contributed by atoms with van der Waals surface area (Å²) in [7, 11) is -2.62. The monoisotopic (exact) mass is 415 g/mol. The number of alkyl halides is 2. The third-order valence-electron chi connectivity index (χ3n) is 4.88. The fraction of sp³-hybridized carbons (Fsp3) is 0.353. The Morgan fingerprint density at radius 1 is 1.33 bits per heavy atom. The predicted molar refractivity (Wildman–Crippen MR) is 98.3 cm³/mol. The van der Waals surface area contributed by atoms with Crippen LogP contribution in [-0.2, 0) is 16.8 Å². The second kappa shape index (κ2) is 6.02. The van der Waals surface area contributed by atoms with E-state index in [0.717, 1.165) is 8.61 Å². The maximum atomic E-state index is 13.3. The lowest BCUT2D eigenvalue weighted by Crippen LogP contribution is -2.37.